The van der Waals surface area contributed by atoms with Gasteiger partial charge in [0.15, 0.2) is 0 Å². The maximum Gasteiger partial charge on any atom is 0.0690 e. The second-order valence-electron chi connectivity index (χ2n) is 2.35. The van der Waals surface area contributed by atoms with Crippen molar-refractivity contribution in [3.63, 3.8) is 0 Å². The van der Waals surface area contributed by atoms with Gasteiger partial charge in [0.2, 0.25) is 0 Å². The molecular formula is C7H12ClN5. The van der Waals surface area contributed by atoms with Gasteiger partial charge < -0.3 is 0 Å². The lowest BCUT2D eigenvalue weighted by Gasteiger charge is -1.78. The van der Waals surface area contributed by atoms with Crippen LogP contribution in [0.2, 0.25) is 0 Å². The highest BCUT2D eigenvalue weighted by Crippen LogP contribution is 1.88. The number of aryl methyl sites for hydroxylation is 2. The summed E-state index contributed by atoms with van der Waals surface area (Å²) in [6.45, 7) is 2.02. The minimum absolute atomic E-state index is 0. The number of H-pyrrole nitrogens is 1. The summed E-state index contributed by atoms with van der Waals surface area (Å²) >= 11 is 0. The van der Waals surface area contributed by atoms with Gasteiger partial charge >= 0.3 is 0 Å². The van der Waals surface area contributed by atoms with E-state index >= 15 is 0 Å². The van der Waals surface area contributed by atoms with E-state index in [4.69, 9.17) is 0 Å². The summed E-state index contributed by atoms with van der Waals surface area (Å²) in [7, 11) is 1.91. The third-order valence-corrected chi connectivity index (χ3v) is 1.17. The molecule has 2 rings (SSSR count). The molecule has 0 atom stereocenters. The second-order valence-corrected chi connectivity index (χ2v) is 2.35. The van der Waals surface area contributed by atoms with Crippen LogP contribution in [0, 0.1) is 6.92 Å². The van der Waals surface area contributed by atoms with Crippen LogP contribution in [0.25, 0.3) is 0 Å². The summed E-state index contributed by atoms with van der Waals surface area (Å²) in [4.78, 5) is 0. The minimum atomic E-state index is 0. The van der Waals surface area contributed by atoms with Crippen molar-refractivity contribution in [3.05, 3.63) is 30.4 Å². The van der Waals surface area contributed by atoms with Gasteiger partial charge in [-0.2, -0.15) is 5.10 Å². The van der Waals surface area contributed by atoms with Crippen molar-refractivity contribution in [1.82, 2.24) is 25.2 Å². The standard InChI is InChI=1S/C5H8N2.C2H3N3.ClH/c1-5-3-6-7(2)4-5;1-2-4-5-3-1;/h3-4H,1-2H3;1-2H,(H,3,4,5);1H. The van der Waals surface area contributed by atoms with Crippen molar-refractivity contribution in [2.24, 2.45) is 7.05 Å². The number of nitrogens with zero attached hydrogens (tertiary/aromatic N) is 4. The second kappa shape index (κ2) is 6.19. The van der Waals surface area contributed by atoms with Gasteiger partial charge in [0.25, 0.3) is 0 Å². The largest absolute Gasteiger partial charge is 0.276 e. The van der Waals surface area contributed by atoms with E-state index in [2.05, 4.69) is 20.5 Å². The van der Waals surface area contributed by atoms with E-state index in [1.165, 1.54) is 5.56 Å². The molecule has 0 aliphatic carbocycles. The molecule has 2 aromatic heterocycles. The topological polar surface area (TPSA) is 59.4 Å². The van der Waals surface area contributed by atoms with Crippen LogP contribution in [0.4, 0.5) is 0 Å². The molecule has 13 heavy (non-hydrogen) atoms. The first kappa shape index (κ1) is 11.6. The van der Waals surface area contributed by atoms with E-state index in [0.29, 0.717) is 0 Å². The van der Waals surface area contributed by atoms with E-state index in [0.717, 1.165) is 0 Å². The Kier molecular flexibility index (Phi) is 5.54. The van der Waals surface area contributed by atoms with Crippen LogP contribution in [0.3, 0.4) is 0 Å². The monoisotopic (exact) mass is 201 g/mol. The molecule has 5 nitrogen and oxygen atoms in total. The third kappa shape index (κ3) is 4.97. The van der Waals surface area contributed by atoms with Crippen molar-refractivity contribution in [2.75, 3.05) is 0 Å². The average Bonchev–Trinajstić information content (AvgIpc) is 2.63. The molecule has 0 spiro atoms. The Bertz CT molecular complexity index is 269. The van der Waals surface area contributed by atoms with E-state index in [1.807, 2.05) is 26.4 Å². The van der Waals surface area contributed by atoms with Gasteiger partial charge in [0, 0.05) is 19.4 Å². The number of halogens is 1. The summed E-state index contributed by atoms with van der Waals surface area (Å²) < 4.78 is 1.79. The molecule has 0 aliphatic rings. The Balaban J connectivity index is 0.000000215. The summed E-state index contributed by atoms with van der Waals surface area (Å²) in [6.07, 6.45) is 7.04. The van der Waals surface area contributed by atoms with Gasteiger partial charge in [-0.1, -0.05) is 5.21 Å². The molecule has 0 saturated carbocycles. The maximum atomic E-state index is 3.93. The molecule has 0 fully saturated rings. The molecule has 0 saturated heterocycles. The number of nitrogens with one attached hydrogen (secondary N) is 1. The lowest BCUT2D eigenvalue weighted by Crippen LogP contribution is -1.83. The fraction of sp³-hybridized carbons (Fsp3) is 0.286. The Morgan fingerprint density at radius 1 is 1.46 bits per heavy atom. The number of hydrogen-bond acceptors (Lipinski definition) is 3. The molecule has 1 N–H and O–H groups in total. The van der Waals surface area contributed by atoms with Gasteiger partial charge in [0.05, 0.1) is 12.4 Å². The van der Waals surface area contributed by atoms with Crippen LogP contribution >= 0.6 is 12.4 Å². The number of hydrogen-bond donors (Lipinski definition) is 1. The van der Waals surface area contributed by atoms with Crippen molar-refractivity contribution in [2.45, 2.75) is 6.92 Å². The average molecular weight is 202 g/mol. The van der Waals surface area contributed by atoms with E-state index in [1.54, 1.807) is 17.1 Å². The highest BCUT2D eigenvalue weighted by atomic mass is 35.5. The lowest BCUT2D eigenvalue weighted by atomic mass is 10.4. The number of rotatable bonds is 0. The summed E-state index contributed by atoms with van der Waals surface area (Å²) in [5.41, 5.74) is 1.21. The molecule has 0 aromatic carbocycles. The van der Waals surface area contributed by atoms with Crippen molar-refractivity contribution in [1.29, 1.82) is 0 Å². The Morgan fingerprint density at radius 3 is 2.38 bits per heavy atom. The van der Waals surface area contributed by atoms with Gasteiger partial charge in [-0.25, -0.2) is 0 Å². The van der Waals surface area contributed by atoms with E-state index in [-0.39, 0.29) is 12.4 Å². The summed E-state index contributed by atoms with van der Waals surface area (Å²) in [6, 6.07) is 0. The SMILES string of the molecule is Cc1cnn(C)c1.Cl.c1c[nH]nn1. The van der Waals surface area contributed by atoms with Gasteiger partial charge in [0.1, 0.15) is 0 Å². The molecule has 2 aromatic rings. The predicted molar refractivity (Wildman–Crippen MR) is 51.6 cm³/mol. The van der Waals surface area contributed by atoms with Gasteiger partial charge in [-0.05, 0) is 12.5 Å². The molecule has 2 heterocycles. The van der Waals surface area contributed by atoms with Gasteiger partial charge in [-0.15, -0.1) is 17.5 Å². The minimum Gasteiger partial charge on any atom is -0.276 e. The molecule has 0 radical (unpaired) electrons. The Hall–Kier alpha value is -1.36. The zero-order valence-electron chi connectivity index (χ0n) is 7.51. The van der Waals surface area contributed by atoms with Gasteiger partial charge in [-0.3, -0.25) is 9.78 Å². The Labute approximate surface area is 82.6 Å². The number of aromatic nitrogens is 5. The smallest absolute Gasteiger partial charge is 0.0690 e. The molecule has 0 bridgehead atoms. The van der Waals surface area contributed by atoms with Crippen molar-refractivity contribution < 1.29 is 0 Å². The molecule has 6 heteroatoms. The zero-order chi connectivity index (χ0) is 8.81. The van der Waals surface area contributed by atoms with Crippen LogP contribution in [-0.2, 0) is 7.05 Å². The van der Waals surface area contributed by atoms with E-state index < -0.39 is 0 Å². The lowest BCUT2D eigenvalue weighted by molar-refractivity contribution is 0.767. The Morgan fingerprint density at radius 2 is 2.23 bits per heavy atom. The number of aromatic amines is 1. The molecule has 72 valence electrons. The fourth-order valence-electron chi connectivity index (χ4n) is 0.710. The van der Waals surface area contributed by atoms with Crippen LogP contribution in [0.15, 0.2) is 24.8 Å². The fourth-order valence-corrected chi connectivity index (χ4v) is 0.710. The highest BCUT2D eigenvalue weighted by molar-refractivity contribution is 5.85. The maximum absolute atomic E-state index is 3.93. The first-order valence-electron chi connectivity index (χ1n) is 3.54. The predicted octanol–water partition coefficient (Wildman–Crippen LogP) is 0.955. The van der Waals surface area contributed by atoms with E-state index in [9.17, 15) is 0 Å². The third-order valence-electron chi connectivity index (χ3n) is 1.17. The summed E-state index contributed by atoms with van der Waals surface area (Å²) in [5, 5.41) is 13.2. The quantitative estimate of drug-likeness (QED) is 0.691. The first-order valence-corrected chi connectivity index (χ1v) is 3.54. The highest BCUT2D eigenvalue weighted by Gasteiger charge is 1.81. The first-order chi connectivity index (χ1) is 5.79. The van der Waals surface area contributed by atoms with Crippen molar-refractivity contribution in [3.8, 4) is 0 Å². The van der Waals surface area contributed by atoms with Crippen LogP contribution in [-0.4, -0.2) is 25.2 Å². The van der Waals surface area contributed by atoms with Crippen LogP contribution in [0.5, 0.6) is 0 Å². The molecule has 0 amide bonds. The summed E-state index contributed by atoms with van der Waals surface area (Å²) in [5.74, 6) is 0. The normalized spacial score (nSPS) is 8.15. The van der Waals surface area contributed by atoms with Crippen LogP contribution < -0.4 is 0 Å². The van der Waals surface area contributed by atoms with Crippen molar-refractivity contribution >= 4 is 12.4 Å². The van der Waals surface area contributed by atoms with Crippen LogP contribution in [0.1, 0.15) is 5.56 Å². The zero-order valence-corrected chi connectivity index (χ0v) is 8.32. The molecule has 0 unspecified atom stereocenters. The molecule has 0 aliphatic heterocycles. The molecular weight excluding hydrogens is 190 g/mol.